The Hall–Kier alpha value is -2.22. The highest BCUT2D eigenvalue weighted by Gasteiger charge is 2.41. The van der Waals surface area contributed by atoms with Gasteiger partial charge >= 0.3 is 0 Å². The molecular formula is C17H22N4O3S. The van der Waals surface area contributed by atoms with Crippen LogP contribution in [0.15, 0.2) is 22.0 Å². The molecule has 0 aliphatic carbocycles. The zero-order chi connectivity index (χ0) is 18.0. The van der Waals surface area contributed by atoms with Gasteiger partial charge in [0, 0.05) is 13.0 Å². The first-order chi connectivity index (χ1) is 11.9. The SMILES string of the molecule is CCc1noc([C@@H]2CCCN2C(=O)C(C)(C)NC(=O)c2cccs2)n1. The minimum absolute atomic E-state index is 0.142. The number of amides is 2. The minimum atomic E-state index is -1.02. The van der Waals surface area contributed by atoms with Crippen molar-refractivity contribution in [1.82, 2.24) is 20.4 Å². The molecule has 7 nitrogen and oxygen atoms in total. The number of thiophene rings is 1. The predicted molar refractivity (Wildman–Crippen MR) is 93.2 cm³/mol. The molecule has 0 spiro atoms. The molecule has 1 atom stereocenters. The molecule has 0 bridgehead atoms. The van der Waals surface area contributed by atoms with Gasteiger partial charge in [-0.3, -0.25) is 9.59 Å². The Morgan fingerprint density at radius 2 is 2.28 bits per heavy atom. The lowest BCUT2D eigenvalue weighted by atomic mass is 10.0. The Morgan fingerprint density at radius 1 is 1.48 bits per heavy atom. The predicted octanol–water partition coefficient (Wildman–Crippen LogP) is 2.57. The van der Waals surface area contributed by atoms with E-state index >= 15 is 0 Å². The molecule has 3 rings (SSSR count). The standard InChI is InChI=1S/C17H22N4O3S/c1-4-13-18-15(24-20-13)11-7-5-9-21(11)16(23)17(2,3)19-14(22)12-8-6-10-25-12/h6,8,10-11H,4-5,7,9H2,1-3H3,(H,19,22)/t11-/m0/s1. The number of nitrogens with one attached hydrogen (secondary N) is 1. The maximum atomic E-state index is 13.1. The zero-order valence-electron chi connectivity index (χ0n) is 14.6. The molecule has 134 valence electrons. The summed E-state index contributed by atoms with van der Waals surface area (Å²) >= 11 is 1.35. The number of hydrogen-bond acceptors (Lipinski definition) is 6. The van der Waals surface area contributed by atoms with Crippen LogP contribution in [0.2, 0.25) is 0 Å². The topological polar surface area (TPSA) is 88.3 Å². The molecule has 0 aromatic carbocycles. The number of carbonyl (C=O) groups excluding carboxylic acids is 2. The van der Waals surface area contributed by atoms with Crippen LogP contribution >= 0.6 is 11.3 Å². The fraction of sp³-hybridized carbons (Fsp3) is 0.529. The van der Waals surface area contributed by atoms with E-state index in [1.54, 1.807) is 24.8 Å². The van der Waals surface area contributed by atoms with E-state index in [1.807, 2.05) is 18.4 Å². The number of rotatable bonds is 5. The highest BCUT2D eigenvalue weighted by atomic mass is 32.1. The van der Waals surface area contributed by atoms with Crippen molar-refractivity contribution >= 4 is 23.2 Å². The second-order valence-electron chi connectivity index (χ2n) is 6.62. The van der Waals surface area contributed by atoms with E-state index in [0.29, 0.717) is 29.6 Å². The van der Waals surface area contributed by atoms with Gasteiger partial charge in [0.05, 0.1) is 4.88 Å². The molecule has 0 saturated carbocycles. The van der Waals surface area contributed by atoms with E-state index in [1.165, 1.54) is 11.3 Å². The normalized spacial score (nSPS) is 17.7. The van der Waals surface area contributed by atoms with Gasteiger partial charge in [-0.05, 0) is 38.1 Å². The van der Waals surface area contributed by atoms with E-state index in [9.17, 15) is 9.59 Å². The monoisotopic (exact) mass is 362 g/mol. The Balaban J connectivity index is 1.74. The highest BCUT2D eigenvalue weighted by molar-refractivity contribution is 7.12. The van der Waals surface area contributed by atoms with Crippen molar-refractivity contribution in [2.45, 2.75) is 51.6 Å². The molecule has 1 saturated heterocycles. The first-order valence-electron chi connectivity index (χ1n) is 8.42. The van der Waals surface area contributed by atoms with Crippen LogP contribution in [0.5, 0.6) is 0 Å². The van der Waals surface area contributed by atoms with Crippen molar-refractivity contribution < 1.29 is 14.1 Å². The maximum absolute atomic E-state index is 13.1. The van der Waals surface area contributed by atoms with E-state index < -0.39 is 5.54 Å². The number of nitrogens with zero attached hydrogens (tertiary/aromatic N) is 3. The van der Waals surface area contributed by atoms with Crippen molar-refractivity contribution in [3.05, 3.63) is 34.1 Å². The first-order valence-corrected chi connectivity index (χ1v) is 9.30. The molecule has 2 amide bonds. The summed E-state index contributed by atoms with van der Waals surface area (Å²) in [4.78, 5) is 32.1. The number of hydrogen-bond donors (Lipinski definition) is 1. The lowest BCUT2D eigenvalue weighted by Gasteiger charge is -2.32. The van der Waals surface area contributed by atoms with Crippen LogP contribution < -0.4 is 5.32 Å². The molecular weight excluding hydrogens is 340 g/mol. The Bertz CT molecular complexity index is 754. The summed E-state index contributed by atoms with van der Waals surface area (Å²) < 4.78 is 5.33. The van der Waals surface area contributed by atoms with Crippen LogP contribution in [0.25, 0.3) is 0 Å². The quantitative estimate of drug-likeness (QED) is 0.883. The summed E-state index contributed by atoms with van der Waals surface area (Å²) in [6, 6.07) is 3.33. The number of carbonyl (C=O) groups is 2. The Kier molecular flexibility index (Phi) is 4.89. The van der Waals surface area contributed by atoms with Crippen molar-refractivity contribution in [1.29, 1.82) is 0 Å². The largest absolute Gasteiger partial charge is 0.337 e. The second-order valence-corrected chi connectivity index (χ2v) is 7.56. The molecule has 1 aliphatic heterocycles. The molecule has 1 N–H and O–H groups in total. The molecule has 1 aliphatic rings. The van der Waals surface area contributed by atoms with Crippen LogP contribution in [-0.4, -0.2) is 38.9 Å². The van der Waals surface area contributed by atoms with E-state index in [-0.39, 0.29) is 17.9 Å². The fourth-order valence-electron chi connectivity index (χ4n) is 2.98. The van der Waals surface area contributed by atoms with Gasteiger partial charge in [-0.15, -0.1) is 11.3 Å². The summed E-state index contributed by atoms with van der Waals surface area (Å²) in [7, 11) is 0. The number of aromatic nitrogens is 2. The van der Waals surface area contributed by atoms with Crippen LogP contribution in [0.1, 0.15) is 61.0 Å². The van der Waals surface area contributed by atoms with Crippen molar-refractivity contribution in [3.8, 4) is 0 Å². The van der Waals surface area contributed by atoms with Gasteiger partial charge in [-0.2, -0.15) is 4.98 Å². The minimum Gasteiger partial charge on any atom is -0.337 e. The third-order valence-corrected chi connectivity index (χ3v) is 5.17. The smallest absolute Gasteiger partial charge is 0.262 e. The van der Waals surface area contributed by atoms with Crippen molar-refractivity contribution in [2.24, 2.45) is 0 Å². The average molecular weight is 362 g/mol. The summed E-state index contributed by atoms with van der Waals surface area (Å²) in [6.07, 6.45) is 2.34. The lowest BCUT2D eigenvalue weighted by Crippen LogP contribution is -2.55. The van der Waals surface area contributed by atoms with E-state index in [0.717, 1.165) is 12.8 Å². The maximum Gasteiger partial charge on any atom is 0.262 e. The summed E-state index contributed by atoms with van der Waals surface area (Å²) in [5.41, 5.74) is -1.02. The van der Waals surface area contributed by atoms with Crippen LogP contribution in [0, 0.1) is 0 Å². The van der Waals surface area contributed by atoms with Gasteiger partial charge in [0.2, 0.25) is 11.8 Å². The Labute approximate surface area is 150 Å². The fourth-order valence-corrected chi connectivity index (χ4v) is 3.60. The summed E-state index contributed by atoms with van der Waals surface area (Å²) in [5, 5.41) is 8.60. The second kappa shape index (κ2) is 6.95. The van der Waals surface area contributed by atoms with Crippen molar-refractivity contribution in [3.63, 3.8) is 0 Å². The van der Waals surface area contributed by atoms with Crippen LogP contribution in [0.3, 0.4) is 0 Å². The van der Waals surface area contributed by atoms with Gasteiger partial charge < -0.3 is 14.7 Å². The van der Waals surface area contributed by atoms with Gasteiger partial charge in [-0.25, -0.2) is 0 Å². The van der Waals surface area contributed by atoms with Crippen LogP contribution in [0.4, 0.5) is 0 Å². The van der Waals surface area contributed by atoms with Gasteiger partial charge in [0.15, 0.2) is 5.82 Å². The average Bonchev–Trinajstić information content (AvgIpc) is 3.33. The molecule has 2 aromatic heterocycles. The third kappa shape index (κ3) is 3.58. The summed E-state index contributed by atoms with van der Waals surface area (Å²) in [5.74, 6) is 0.731. The molecule has 3 heterocycles. The number of likely N-dealkylation sites (tertiary alicyclic amines) is 1. The van der Waals surface area contributed by atoms with Gasteiger partial charge in [0.25, 0.3) is 5.91 Å². The van der Waals surface area contributed by atoms with Gasteiger partial charge in [0.1, 0.15) is 11.6 Å². The summed E-state index contributed by atoms with van der Waals surface area (Å²) in [6.45, 7) is 6.02. The number of aryl methyl sites for hydroxylation is 1. The van der Waals surface area contributed by atoms with E-state index in [2.05, 4.69) is 15.5 Å². The first kappa shape index (κ1) is 17.6. The molecule has 8 heteroatoms. The zero-order valence-corrected chi connectivity index (χ0v) is 15.4. The molecule has 25 heavy (non-hydrogen) atoms. The molecule has 0 radical (unpaired) electrons. The van der Waals surface area contributed by atoms with Gasteiger partial charge in [-0.1, -0.05) is 18.1 Å². The third-order valence-electron chi connectivity index (χ3n) is 4.30. The van der Waals surface area contributed by atoms with E-state index in [4.69, 9.17) is 4.52 Å². The molecule has 1 fully saturated rings. The Morgan fingerprint density at radius 3 is 2.92 bits per heavy atom. The highest BCUT2D eigenvalue weighted by Crippen LogP contribution is 2.32. The molecule has 2 aromatic rings. The van der Waals surface area contributed by atoms with Crippen molar-refractivity contribution in [2.75, 3.05) is 6.54 Å². The molecule has 0 unspecified atom stereocenters. The van der Waals surface area contributed by atoms with Crippen LogP contribution in [-0.2, 0) is 11.2 Å². The lowest BCUT2D eigenvalue weighted by molar-refractivity contribution is -0.138.